The van der Waals surface area contributed by atoms with Crippen molar-refractivity contribution in [1.82, 2.24) is 10.2 Å². The molecule has 0 fully saturated rings. The van der Waals surface area contributed by atoms with Gasteiger partial charge in [-0.25, -0.2) is 0 Å². The fraction of sp³-hybridized carbons (Fsp3) is 0.471. The predicted octanol–water partition coefficient (Wildman–Crippen LogP) is 3.17. The molecule has 1 aromatic rings. The molecule has 0 bridgehead atoms. The molecule has 0 saturated carbocycles. The van der Waals surface area contributed by atoms with Gasteiger partial charge in [0.05, 0.1) is 0 Å². The molecule has 2 rings (SSSR count). The summed E-state index contributed by atoms with van der Waals surface area (Å²) in [6.07, 6.45) is 2.30. The summed E-state index contributed by atoms with van der Waals surface area (Å²) in [4.78, 5) is 4.72. The molecule has 4 heteroatoms. The highest BCUT2D eigenvalue weighted by atomic mass is 32.1. The van der Waals surface area contributed by atoms with Gasteiger partial charge in [0.15, 0.2) is 5.11 Å². The lowest BCUT2D eigenvalue weighted by Gasteiger charge is -2.29. The second-order valence-electron chi connectivity index (χ2n) is 5.85. The first-order valence-electron chi connectivity index (χ1n) is 7.47. The SMILES string of the molecule is CNC(=S)N1C[C@H](C)N(CC=C(C)C)Cc2ccccc21. The molecule has 0 amide bonds. The number of benzene rings is 1. The van der Waals surface area contributed by atoms with Gasteiger partial charge in [-0.1, -0.05) is 29.8 Å². The van der Waals surface area contributed by atoms with Crippen molar-refractivity contribution >= 4 is 23.0 Å². The molecule has 114 valence electrons. The Morgan fingerprint density at radius 3 is 2.76 bits per heavy atom. The molecule has 1 N–H and O–H groups in total. The third kappa shape index (κ3) is 3.83. The Kier molecular flexibility index (Phi) is 5.37. The van der Waals surface area contributed by atoms with Crippen LogP contribution in [0, 0.1) is 0 Å². The summed E-state index contributed by atoms with van der Waals surface area (Å²) in [5.74, 6) is 0. The highest BCUT2D eigenvalue weighted by Gasteiger charge is 2.25. The number of fused-ring (bicyclic) bond motifs is 1. The van der Waals surface area contributed by atoms with Gasteiger partial charge in [0.25, 0.3) is 0 Å². The van der Waals surface area contributed by atoms with Crippen LogP contribution in [0.3, 0.4) is 0 Å². The van der Waals surface area contributed by atoms with E-state index in [1.807, 2.05) is 7.05 Å². The molecule has 0 saturated heterocycles. The van der Waals surface area contributed by atoms with Crippen LogP contribution in [0.2, 0.25) is 0 Å². The van der Waals surface area contributed by atoms with Crippen molar-refractivity contribution in [2.75, 3.05) is 25.0 Å². The summed E-state index contributed by atoms with van der Waals surface area (Å²) in [7, 11) is 1.89. The fourth-order valence-electron chi connectivity index (χ4n) is 2.63. The Hall–Kier alpha value is -1.39. The number of thiocarbonyl (C=S) groups is 1. The molecule has 1 aromatic carbocycles. The number of allylic oxidation sites excluding steroid dienone is 1. The lowest BCUT2D eigenvalue weighted by atomic mass is 10.1. The second kappa shape index (κ2) is 7.05. The number of nitrogens with zero attached hydrogens (tertiary/aromatic N) is 2. The molecule has 3 nitrogen and oxygen atoms in total. The van der Waals surface area contributed by atoms with Crippen LogP contribution in [-0.2, 0) is 6.54 Å². The summed E-state index contributed by atoms with van der Waals surface area (Å²) in [6, 6.07) is 9.00. The number of hydrogen-bond donors (Lipinski definition) is 1. The van der Waals surface area contributed by atoms with Gasteiger partial charge >= 0.3 is 0 Å². The number of rotatable bonds is 2. The van der Waals surface area contributed by atoms with Crippen LogP contribution in [-0.4, -0.2) is 36.2 Å². The summed E-state index contributed by atoms with van der Waals surface area (Å²) >= 11 is 5.49. The monoisotopic (exact) mass is 303 g/mol. The van der Waals surface area contributed by atoms with E-state index in [0.29, 0.717) is 6.04 Å². The molecule has 0 unspecified atom stereocenters. The third-order valence-electron chi connectivity index (χ3n) is 3.92. The zero-order valence-electron chi connectivity index (χ0n) is 13.4. The molecule has 1 aliphatic rings. The highest BCUT2D eigenvalue weighted by molar-refractivity contribution is 7.80. The van der Waals surface area contributed by atoms with Crippen LogP contribution >= 0.6 is 12.2 Å². The second-order valence-corrected chi connectivity index (χ2v) is 6.24. The molecule has 0 radical (unpaired) electrons. The van der Waals surface area contributed by atoms with Gasteiger partial charge in [0.1, 0.15) is 0 Å². The molecule has 1 heterocycles. The van der Waals surface area contributed by atoms with Crippen molar-refractivity contribution in [3.63, 3.8) is 0 Å². The smallest absolute Gasteiger partial charge is 0.173 e. The first-order valence-corrected chi connectivity index (χ1v) is 7.88. The third-order valence-corrected chi connectivity index (χ3v) is 4.34. The van der Waals surface area contributed by atoms with Crippen LogP contribution in [0.25, 0.3) is 0 Å². The Labute approximate surface area is 133 Å². The van der Waals surface area contributed by atoms with Gasteiger partial charge in [0, 0.05) is 38.4 Å². The first kappa shape index (κ1) is 16.0. The van der Waals surface area contributed by atoms with Crippen molar-refractivity contribution in [1.29, 1.82) is 0 Å². The average molecular weight is 303 g/mol. The van der Waals surface area contributed by atoms with Crippen LogP contribution < -0.4 is 10.2 Å². The van der Waals surface area contributed by atoms with E-state index < -0.39 is 0 Å². The zero-order valence-corrected chi connectivity index (χ0v) is 14.2. The Morgan fingerprint density at radius 1 is 1.38 bits per heavy atom. The average Bonchev–Trinajstić information content (AvgIpc) is 2.61. The Bertz CT molecular complexity index is 535. The topological polar surface area (TPSA) is 18.5 Å². The van der Waals surface area contributed by atoms with Crippen molar-refractivity contribution < 1.29 is 0 Å². The Balaban J connectivity index is 2.32. The van der Waals surface area contributed by atoms with Crippen LogP contribution in [0.5, 0.6) is 0 Å². The minimum Gasteiger partial charge on any atom is -0.365 e. The summed E-state index contributed by atoms with van der Waals surface area (Å²) in [5, 5.41) is 3.91. The maximum atomic E-state index is 5.49. The van der Waals surface area contributed by atoms with E-state index in [1.165, 1.54) is 16.8 Å². The van der Waals surface area contributed by atoms with Gasteiger partial charge < -0.3 is 10.2 Å². The molecule has 21 heavy (non-hydrogen) atoms. The van der Waals surface area contributed by atoms with E-state index in [-0.39, 0.29) is 0 Å². The van der Waals surface area contributed by atoms with Crippen molar-refractivity contribution in [3.8, 4) is 0 Å². The predicted molar refractivity (Wildman–Crippen MR) is 94.7 cm³/mol. The molecular formula is C17H25N3S. The van der Waals surface area contributed by atoms with E-state index in [9.17, 15) is 0 Å². The van der Waals surface area contributed by atoms with Crippen molar-refractivity contribution in [2.45, 2.75) is 33.4 Å². The molecule has 0 aliphatic carbocycles. The minimum absolute atomic E-state index is 0.444. The van der Waals surface area contributed by atoms with E-state index >= 15 is 0 Å². The van der Waals surface area contributed by atoms with E-state index in [2.05, 4.69) is 66.2 Å². The summed E-state index contributed by atoms with van der Waals surface area (Å²) < 4.78 is 0. The summed E-state index contributed by atoms with van der Waals surface area (Å²) in [6.45, 7) is 9.43. The maximum Gasteiger partial charge on any atom is 0.173 e. The number of para-hydroxylation sites is 1. The fourth-order valence-corrected chi connectivity index (χ4v) is 2.81. The minimum atomic E-state index is 0.444. The van der Waals surface area contributed by atoms with Crippen LogP contribution in [0.1, 0.15) is 26.3 Å². The van der Waals surface area contributed by atoms with E-state index in [0.717, 1.165) is 24.7 Å². The van der Waals surface area contributed by atoms with Gasteiger partial charge in [-0.2, -0.15) is 0 Å². The quantitative estimate of drug-likeness (QED) is 0.668. The standard InChI is InChI=1S/C17H25N3S/c1-13(2)9-10-19-12-15-7-5-6-8-16(15)20(11-14(19)3)17(21)18-4/h5-9,14H,10-12H2,1-4H3,(H,18,21)/t14-/m0/s1. The normalized spacial score (nSPS) is 18.7. The van der Waals surface area contributed by atoms with Crippen LogP contribution in [0.15, 0.2) is 35.9 Å². The van der Waals surface area contributed by atoms with Crippen molar-refractivity contribution in [2.24, 2.45) is 0 Å². The summed E-state index contributed by atoms with van der Waals surface area (Å²) in [5.41, 5.74) is 3.92. The van der Waals surface area contributed by atoms with Crippen LogP contribution in [0.4, 0.5) is 5.69 Å². The molecular weight excluding hydrogens is 278 g/mol. The molecule has 0 spiro atoms. The molecule has 1 atom stereocenters. The van der Waals surface area contributed by atoms with Gasteiger partial charge in [-0.15, -0.1) is 0 Å². The lowest BCUT2D eigenvalue weighted by Crippen LogP contribution is -2.45. The molecule has 0 aromatic heterocycles. The number of hydrogen-bond acceptors (Lipinski definition) is 2. The number of nitrogens with one attached hydrogen (secondary N) is 1. The highest BCUT2D eigenvalue weighted by Crippen LogP contribution is 2.27. The van der Waals surface area contributed by atoms with Gasteiger partial charge in [0.2, 0.25) is 0 Å². The molecule has 1 aliphatic heterocycles. The van der Waals surface area contributed by atoms with Gasteiger partial charge in [-0.05, 0) is 44.6 Å². The van der Waals surface area contributed by atoms with E-state index in [4.69, 9.17) is 12.2 Å². The largest absolute Gasteiger partial charge is 0.365 e. The van der Waals surface area contributed by atoms with E-state index in [1.54, 1.807) is 0 Å². The van der Waals surface area contributed by atoms with Crippen molar-refractivity contribution in [3.05, 3.63) is 41.5 Å². The lowest BCUT2D eigenvalue weighted by molar-refractivity contribution is 0.233. The Morgan fingerprint density at radius 2 is 2.10 bits per heavy atom. The zero-order chi connectivity index (χ0) is 15.4. The maximum absolute atomic E-state index is 5.49. The first-order chi connectivity index (χ1) is 10.0. The number of anilines is 1. The van der Waals surface area contributed by atoms with Gasteiger partial charge in [-0.3, -0.25) is 4.90 Å².